The minimum absolute atomic E-state index is 0.0719. The molecule has 102 valence electrons. The van der Waals surface area contributed by atoms with Gasteiger partial charge in [-0.25, -0.2) is 4.68 Å². The van der Waals surface area contributed by atoms with Gasteiger partial charge in [-0.2, -0.15) is 5.10 Å². The average Bonchev–Trinajstić information content (AvgIpc) is 3.02. The number of aryl methyl sites for hydroxylation is 1. The lowest BCUT2D eigenvalue weighted by Gasteiger charge is -2.06. The van der Waals surface area contributed by atoms with E-state index in [0.29, 0.717) is 6.54 Å². The van der Waals surface area contributed by atoms with Crippen molar-refractivity contribution in [2.75, 3.05) is 13.1 Å². The summed E-state index contributed by atoms with van der Waals surface area (Å²) < 4.78 is 1.46. The molecule has 0 bridgehead atoms. The van der Waals surface area contributed by atoms with Crippen LogP contribution in [-0.2, 0) is 6.54 Å². The molecular weight excluding hydrogens is 252 g/mol. The highest BCUT2D eigenvalue weighted by Crippen LogP contribution is 2.16. The Morgan fingerprint density at radius 1 is 1.15 bits per heavy atom. The molecule has 1 aliphatic heterocycles. The monoisotopic (exact) mass is 268 g/mol. The fourth-order valence-corrected chi connectivity index (χ4v) is 2.22. The number of hydrogen-bond acceptors (Lipinski definition) is 4. The van der Waals surface area contributed by atoms with Crippen LogP contribution in [0.3, 0.4) is 0 Å². The van der Waals surface area contributed by atoms with Crippen molar-refractivity contribution in [1.29, 1.82) is 0 Å². The maximum Gasteiger partial charge on any atom is 0.266 e. The first-order valence-corrected chi connectivity index (χ1v) is 6.75. The summed E-state index contributed by atoms with van der Waals surface area (Å²) in [5.41, 5.74) is 2.81. The van der Waals surface area contributed by atoms with Gasteiger partial charge in [0.15, 0.2) is 0 Å². The summed E-state index contributed by atoms with van der Waals surface area (Å²) in [4.78, 5) is 15.9. The van der Waals surface area contributed by atoms with Gasteiger partial charge in [0, 0.05) is 30.3 Å². The SMILES string of the molecule is CCn1nc(-c2ccc(C3=NCCN3)cc2)ccc1=O. The van der Waals surface area contributed by atoms with Crippen molar-refractivity contribution in [3.05, 3.63) is 52.3 Å². The molecule has 0 atom stereocenters. The van der Waals surface area contributed by atoms with Crippen molar-refractivity contribution in [3.63, 3.8) is 0 Å². The molecule has 2 heterocycles. The molecule has 3 rings (SSSR count). The summed E-state index contributed by atoms with van der Waals surface area (Å²) in [5.74, 6) is 0.947. The molecule has 1 N–H and O–H groups in total. The lowest BCUT2D eigenvalue weighted by molar-refractivity contribution is 0.619. The summed E-state index contributed by atoms with van der Waals surface area (Å²) in [6, 6.07) is 11.4. The minimum atomic E-state index is -0.0719. The fourth-order valence-electron chi connectivity index (χ4n) is 2.22. The number of hydrogen-bond donors (Lipinski definition) is 1. The Kier molecular flexibility index (Phi) is 3.33. The summed E-state index contributed by atoms with van der Waals surface area (Å²) in [6.07, 6.45) is 0. The van der Waals surface area contributed by atoms with Crippen LogP contribution < -0.4 is 10.9 Å². The lowest BCUT2D eigenvalue weighted by atomic mass is 10.1. The van der Waals surface area contributed by atoms with E-state index in [4.69, 9.17) is 0 Å². The van der Waals surface area contributed by atoms with E-state index < -0.39 is 0 Å². The third-order valence-corrected chi connectivity index (χ3v) is 3.29. The topological polar surface area (TPSA) is 59.3 Å². The molecule has 20 heavy (non-hydrogen) atoms. The first-order valence-electron chi connectivity index (χ1n) is 6.75. The van der Waals surface area contributed by atoms with E-state index in [2.05, 4.69) is 15.4 Å². The second-order valence-electron chi connectivity index (χ2n) is 4.61. The highest BCUT2D eigenvalue weighted by molar-refractivity contribution is 6.00. The van der Waals surface area contributed by atoms with Gasteiger partial charge in [-0.3, -0.25) is 9.79 Å². The van der Waals surface area contributed by atoms with Gasteiger partial charge in [0.2, 0.25) is 0 Å². The van der Waals surface area contributed by atoms with Crippen molar-refractivity contribution in [2.24, 2.45) is 4.99 Å². The standard InChI is InChI=1S/C15H16N4O/c1-2-19-14(20)8-7-13(18-19)11-3-5-12(6-4-11)15-16-9-10-17-15/h3-8H,2,9-10H2,1H3,(H,16,17). The smallest absolute Gasteiger partial charge is 0.266 e. The quantitative estimate of drug-likeness (QED) is 0.912. The van der Waals surface area contributed by atoms with E-state index in [-0.39, 0.29) is 5.56 Å². The molecule has 0 aliphatic carbocycles. The first-order chi connectivity index (χ1) is 9.78. The molecule has 0 radical (unpaired) electrons. The van der Waals surface area contributed by atoms with Crippen molar-refractivity contribution in [3.8, 4) is 11.3 Å². The summed E-state index contributed by atoms with van der Waals surface area (Å²) in [6.45, 7) is 4.22. The number of rotatable bonds is 3. The molecule has 0 amide bonds. The fraction of sp³-hybridized carbons (Fsp3) is 0.267. The Morgan fingerprint density at radius 3 is 2.55 bits per heavy atom. The summed E-state index contributed by atoms with van der Waals surface area (Å²) in [5, 5.41) is 7.59. The van der Waals surface area contributed by atoms with Crippen molar-refractivity contribution >= 4 is 5.84 Å². The Bertz CT molecular complexity index is 701. The predicted molar refractivity (Wildman–Crippen MR) is 79.0 cm³/mol. The van der Waals surface area contributed by atoms with Gasteiger partial charge < -0.3 is 5.32 Å². The number of nitrogens with zero attached hydrogens (tertiary/aromatic N) is 3. The molecule has 5 nitrogen and oxygen atoms in total. The van der Waals surface area contributed by atoms with Gasteiger partial charge in [0.05, 0.1) is 12.2 Å². The highest BCUT2D eigenvalue weighted by Gasteiger charge is 2.08. The van der Waals surface area contributed by atoms with E-state index in [1.165, 1.54) is 4.68 Å². The van der Waals surface area contributed by atoms with Crippen LogP contribution in [-0.4, -0.2) is 28.7 Å². The molecule has 0 unspecified atom stereocenters. The van der Waals surface area contributed by atoms with E-state index in [1.54, 1.807) is 12.1 Å². The van der Waals surface area contributed by atoms with Crippen molar-refractivity contribution in [2.45, 2.75) is 13.5 Å². The molecule has 1 aromatic carbocycles. The molecule has 0 spiro atoms. The maximum absolute atomic E-state index is 11.5. The molecular formula is C15H16N4O. The summed E-state index contributed by atoms with van der Waals surface area (Å²) >= 11 is 0. The van der Waals surface area contributed by atoms with Crippen LogP contribution >= 0.6 is 0 Å². The van der Waals surface area contributed by atoms with Crippen molar-refractivity contribution in [1.82, 2.24) is 15.1 Å². The van der Waals surface area contributed by atoms with E-state index in [0.717, 1.165) is 35.7 Å². The van der Waals surface area contributed by atoms with Gasteiger partial charge in [0.1, 0.15) is 5.84 Å². The Hall–Kier alpha value is -2.43. The molecule has 2 aromatic rings. The number of benzene rings is 1. The molecule has 1 aromatic heterocycles. The normalized spacial score (nSPS) is 13.9. The number of aromatic nitrogens is 2. The largest absolute Gasteiger partial charge is 0.368 e. The second-order valence-corrected chi connectivity index (χ2v) is 4.61. The average molecular weight is 268 g/mol. The van der Waals surface area contributed by atoms with Crippen LogP contribution in [0.15, 0.2) is 46.2 Å². The van der Waals surface area contributed by atoms with Crippen LogP contribution in [0.25, 0.3) is 11.3 Å². The zero-order chi connectivity index (χ0) is 13.9. The Labute approximate surface area is 117 Å². The minimum Gasteiger partial charge on any atom is -0.368 e. The molecule has 0 saturated carbocycles. The highest BCUT2D eigenvalue weighted by atomic mass is 16.1. The van der Waals surface area contributed by atoms with Crippen LogP contribution in [0.5, 0.6) is 0 Å². The van der Waals surface area contributed by atoms with Crippen LogP contribution in [0.1, 0.15) is 12.5 Å². The maximum atomic E-state index is 11.5. The second kappa shape index (κ2) is 5.28. The Balaban J connectivity index is 1.93. The number of aliphatic imine (C=N–C) groups is 1. The predicted octanol–water partition coefficient (Wildman–Crippen LogP) is 1.28. The van der Waals surface area contributed by atoms with E-state index >= 15 is 0 Å². The van der Waals surface area contributed by atoms with Crippen LogP contribution in [0.4, 0.5) is 0 Å². The Morgan fingerprint density at radius 2 is 1.90 bits per heavy atom. The molecule has 5 heteroatoms. The summed E-state index contributed by atoms with van der Waals surface area (Å²) in [7, 11) is 0. The zero-order valence-electron chi connectivity index (χ0n) is 11.3. The third-order valence-electron chi connectivity index (χ3n) is 3.29. The third kappa shape index (κ3) is 2.34. The van der Waals surface area contributed by atoms with Gasteiger partial charge >= 0.3 is 0 Å². The van der Waals surface area contributed by atoms with E-state index in [1.807, 2.05) is 31.2 Å². The molecule has 1 aliphatic rings. The first kappa shape index (κ1) is 12.6. The van der Waals surface area contributed by atoms with Gasteiger partial charge in [-0.1, -0.05) is 24.3 Å². The molecule has 0 saturated heterocycles. The lowest BCUT2D eigenvalue weighted by Crippen LogP contribution is -2.21. The van der Waals surface area contributed by atoms with Crippen LogP contribution in [0, 0.1) is 0 Å². The number of nitrogens with one attached hydrogen (secondary N) is 1. The van der Waals surface area contributed by atoms with Crippen LogP contribution in [0.2, 0.25) is 0 Å². The van der Waals surface area contributed by atoms with E-state index in [9.17, 15) is 4.79 Å². The van der Waals surface area contributed by atoms with Crippen molar-refractivity contribution < 1.29 is 0 Å². The van der Waals surface area contributed by atoms with Gasteiger partial charge in [-0.05, 0) is 13.0 Å². The molecule has 0 fully saturated rings. The van der Waals surface area contributed by atoms with Gasteiger partial charge in [0.25, 0.3) is 5.56 Å². The number of amidine groups is 1. The van der Waals surface area contributed by atoms with Gasteiger partial charge in [-0.15, -0.1) is 0 Å². The zero-order valence-corrected chi connectivity index (χ0v) is 11.3.